The van der Waals surface area contributed by atoms with E-state index in [4.69, 9.17) is 5.73 Å². The zero-order chi connectivity index (χ0) is 14.4. The summed E-state index contributed by atoms with van der Waals surface area (Å²) >= 11 is 0. The molecule has 0 bridgehead atoms. The number of hydrogen-bond acceptors (Lipinski definition) is 2. The van der Waals surface area contributed by atoms with Crippen molar-refractivity contribution >= 4 is 0 Å². The standard InChI is InChI=1S/C18H30N2/c1-3-20(4-2)13-12-17(19)14-16-10-7-9-15-8-5-6-11-18(15)16/h5-6,8,11,16-17H,3-4,7,9-10,12-14,19H2,1-2H3. The van der Waals surface area contributed by atoms with Crippen LogP contribution < -0.4 is 5.73 Å². The lowest BCUT2D eigenvalue weighted by atomic mass is 9.79. The van der Waals surface area contributed by atoms with Crippen molar-refractivity contribution in [1.29, 1.82) is 0 Å². The Morgan fingerprint density at radius 1 is 1.25 bits per heavy atom. The highest BCUT2D eigenvalue weighted by Gasteiger charge is 2.21. The van der Waals surface area contributed by atoms with Crippen LogP contribution >= 0.6 is 0 Å². The van der Waals surface area contributed by atoms with Gasteiger partial charge in [-0.25, -0.2) is 0 Å². The molecule has 0 amide bonds. The van der Waals surface area contributed by atoms with Gasteiger partial charge < -0.3 is 10.6 Å². The SMILES string of the molecule is CCN(CC)CCC(N)CC1CCCc2ccccc21. The molecule has 2 unspecified atom stereocenters. The Kier molecular flexibility index (Phi) is 6.06. The second kappa shape index (κ2) is 7.80. The van der Waals surface area contributed by atoms with Crippen LogP contribution in [0.15, 0.2) is 24.3 Å². The van der Waals surface area contributed by atoms with Crippen molar-refractivity contribution in [2.45, 2.75) is 57.9 Å². The summed E-state index contributed by atoms with van der Waals surface area (Å²) in [6.45, 7) is 7.87. The number of hydrogen-bond donors (Lipinski definition) is 1. The van der Waals surface area contributed by atoms with E-state index in [-0.39, 0.29) is 0 Å². The van der Waals surface area contributed by atoms with Crippen molar-refractivity contribution in [1.82, 2.24) is 4.90 Å². The summed E-state index contributed by atoms with van der Waals surface area (Å²) in [7, 11) is 0. The molecule has 112 valence electrons. The minimum Gasteiger partial charge on any atom is -0.328 e. The fraction of sp³-hybridized carbons (Fsp3) is 0.667. The van der Waals surface area contributed by atoms with Crippen molar-refractivity contribution in [2.75, 3.05) is 19.6 Å². The molecule has 20 heavy (non-hydrogen) atoms. The van der Waals surface area contributed by atoms with E-state index >= 15 is 0 Å². The van der Waals surface area contributed by atoms with Gasteiger partial charge >= 0.3 is 0 Å². The topological polar surface area (TPSA) is 29.3 Å². The second-order valence-electron chi connectivity index (χ2n) is 6.10. The van der Waals surface area contributed by atoms with Crippen molar-refractivity contribution in [3.8, 4) is 0 Å². The zero-order valence-corrected chi connectivity index (χ0v) is 13.1. The van der Waals surface area contributed by atoms with Gasteiger partial charge in [-0.3, -0.25) is 0 Å². The average Bonchev–Trinajstić information content (AvgIpc) is 2.49. The van der Waals surface area contributed by atoms with Gasteiger partial charge in [-0.2, -0.15) is 0 Å². The third kappa shape index (κ3) is 4.07. The lowest BCUT2D eigenvalue weighted by Crippen LogP contribution is -2.31. The summed E-state index contributed by atoms with van der Waals surface area (Å²) in [6, 6.07) is 9.30. The largest absolute Gasteiger partial charge is 0.328 e. The molecule has 2 N–H and O–H groups in total. The first-order valence-electron chi connectivity index (χ1n) is 8.30. The Bertz CT molecular complexity index is 398. The maximum Gasteiger partial charge on any atom is 0.00568 e. The molecule has 1 aromatic carbocycles. The quantitative estimate of drug-likeness (QED) is 0.824. The molecule has 0 saturated carbocycles. The minimum atomic E-state index is 0.340. The number of aryl methyl sites for hydroxylation is 1. The normalized spacial score (nSPS) is 19.9. The molecule has 2 nitrogen and oxygen atoms in total. The van der Waals surface area contributed by atoms with Crippen LogP contribution in [0.25, 0.3) is 0 Å². The molecule has 0 spiro atoms. The van der Waals surface area contributed by atoms with Gasteiger partial charge in [0.25, 0.3) is 0 Å². The summed E-state index contributed by atoms with van der Waals surface area (Å²) in [6.07, 6.45) is 6.17. The van der Waals surface area contributed by atoms with E-state index in [2.05, 4.69) is 43.0 Å². The van der Waals surface area contributed by atoms with Crippen LogP contribution in [0, 0.1) is 0 Å². The Morgan fingerprint density at radius 2 is 2.00 bits per heavy atom. The van der Waals surface area contributed by atoms with Crippen LogP contribution in [0.5, 0.6) is 0 Å². The highest BCUT2D eigenvalue weighted by Crippen LogP contribution is 2.34. The lowest BCUT2D eigenvalue weighted by molar-refractivity contribution is 0.284. The molecule has 2 heteroatoms. The number of nitrogens with zero attached hydrogens (tertiary/aromatic N) is 1. The molecule has 1 aliphatic rings. The predicted molar refractivity (Wildman–Crippen MR) is 87.1 cm³/mol. The molecule has 1 aromatic rings. The van der Waals surface area contributed by atoms with Crippen LogP contribution in [0.1, 0.15) is 56.6 Å². The van der Waals surface area contributed by atoms with Gasteiger partial charge in [-0.15, -0.1) is 0 Å². The Balaban J connectivity index is 1.87. The van der Waals surface area contributed by atoms with Crippen LogP contribution in [0.3, 0.4) is 0 Å². The minimum absolute atomic E-state index is 0.340. The fourth-order valence-electron chi connectivity index (χ4n) is 3.47. The first-order chi connectivity index (χ1) is 9.74. The van der Waals surface area contributed by atoms with Gasteiger partial charge in [0.15, 0.2) is 0 Å². The van der Waals surface area contributed by atoms with E-state index in [1.807, 2.05) is 0 Å². The van der Waals surface area contributed by atoms with E-state index < -0.39 is 0 Å². The Morgan fingerprint density at radius 3 is 2.75 bits per heavy atom. The molecule has 0 radical (unpaired) electrons. The Hall–Kier alpha value is -0.860. The van der Waals surface area contributed by atoms with Crippen LogP contribution in [-0.2, 0) is 6.42 Å². The van der Waals surface area contributed by atoms with Crippen LogP contribution in [-0.4, -0.2) is 30.6 Å². The average molecular weight is 274 g/mol. The highest BCUT2D eigenvalue weighted by molar-refractivity contribution is 5.32. The van der Waals surface area contributed by atoms with Crippen molar-refractivity contribution < 1.29 is 0 Å². The second-order valence-corrected chi connectivity index (χ2v) is 6.10. The molecule has 0 heterocycles. The molecule has 0 fully saturated rings. The van der Waals surface area contributed by atoms with Crippen LogP contribution in [0.2, 0.25) is 0 Å². The first-order valence-corrected chi connectivity index (χ1v) is 8.30. The molecule has 2 rings (SSSR count). The van der Waals surface area contributed by atoms with E-state index in [1.165, 1.54) is 19.3 Å². The van der Waals surface area contributed by atoms with E-state index in [9.17, 15) is 0 Å². The first kappa shape index (κ1) is 15.5. The van der Waals surface area contributed by atoms with E-state index in [0.29, 0.717) is 12.0 Å². The van der Waals surface area contributed by atoms with Crippen molar-refractivity contribution in [3.63, 3.8) is 0 Å². The maximum atomic E-state index is 6.39. The van der Waals surface area contributed by atoms with Gasteiger partial charge in [-0.05, 0) is 68.8 Å². The highest BCUT2D eigenvalue weighted by atomic mass is 15.1. The lowest BCUT2D eigenvalue weighted by Gasteiger charge is -2.28. The predicted octanol–water partition coefficient (Wildman–Crippen LogP) is 3.56. The van der Waals surface area contributed by atoms with E-state index in [0.717, 1.165) is 32.5 Å². The third-order valence-electron chi connectivity index (χ3n) is 4.79. The third-order valence-corrected chi connectivity index (χ3v) is 4.79. The summed E-state index contributed by atoms with van der Waals surface area (Å²) in [4.78, 5) is 2.47. The van der Waals surface area contributed by atoms with Gasteiger partial charge in [0.2, 0.25) is 0 Å². The van der Waals surface area contributed by atoms with Gasteiger partial charge in [0, 0.05) is 6.04 Å². The maximum absolute atomic E-state index is 6.39. The zero-order valence-electron chi connectivity index (χ0n) is 13.1. The van der Waals surface area contributed by atoms with Gasteiger partial charge in [0.1, 0.15) is 0 Å². The molecule has 0 saturated heterocycles. The Labute approximate surface area is 124 Å². The number of fused-ring (bicyclic) bond motifs is 1. The van der Waals surface area contributed by atoms with Gasteiger partial charge in [-0.1, -0.05) is 38.1 Å². The fourth-order valence-corrected chi connectivity index (χ4v) is 3.47. The molecule has 1 aliphatic carbocycles. The smallest absolute Gasteiger partial charge is 0.00568 e. The van der Waals surface area contributed by atoms with Crippen molar-refractivity contribution in [3.05, 3.63) is 35.4 Å². The summed E-state index contributed by atoms with van der Waals surface area (Å²) < 4.78 is 0. The monoisotopic (exact) mass is 274 g/mol. The molecule has 2 atom stereocenters. The molecule has 0 aliphatic heterocycles. The summed E-state index contributed by atoms with van der Waals surface area (Å²) in [5, 5.41) is 0. The van der Waals surface area contributed by atoms with E-state index in [1.54, 1.807) is 11.1 Å². The molecular weight excluding hydrogens is 244 g/mol. The molecule has 0 aromatic heterocycles. The summed E-state index contributed by atoms with van der Waals surface area (Å²) in [5.41, 5.74) is 9.51. The van der Waals surface area contributed by atoms with Crippen LogP contribution in [0.4, 0.5) is 0 Å². The number of nitrogens with two attached hydrogens (primary N) is 1. The van der Waals surface area contributed by atoms with Gasteiger partial charge in [0.05, 0.1) is 0 Å². The van der Waals surface area contributed by atoms with Crippen molar-refractivity contribution in [2.24, 2.45) is 5.73 Å². The summed E-state index contributed by atoms with van der Waals surface area (Å²) in [5.74, 6) is 0.687. The molecular formula is C18H30N2. The number of benzene rings is 1. The number of rotatable bonds is 7.